The Morgan fingerprint density at radius 2 is 1.93 bits per heavy atom. The number of hydrogen-bond donors (Lipinski definition) is 2. The number of carbonyl (C=O) groups excluding carboxylic acids is 3. The van der Waals surface area contributed by atoms with Gasteiger partial charge in [0.15, 0.2) is 0 Å². The molecule has 4 rings (SSSR count). The predicted molar refractivity (Wildman–Crippen MR) is 115 cm³/mol. The van der Waals surface area contributed by atoms with Gasteiger partial charge < -0.3 is 5.32 Å². The molecule has 1 aromatic heterocycles. The normalized spacial score (nSPS) is 19.0. The maximum atomic E-state index is 13.5. The SMILES string of the molecule is CCC1(c2ccc(NC(=O)c3sc4ccc(F)cc4c3C)cc2)CCC(=O)NC1=O. The summed E-state index contributed by atoms with van der Waals surface area (Å²) in [5.74, 6) is -1.10. The minimum absolute atomic E-state index is 0.244. The molecule has 1 unspecified atom stereocenters. The lowest BCUT2D eigenvalue weighted by Gasteiger charge is -2.35. The van der Waals surface area contributed by atoms with Crippen LogP contribution in [0.15, 0.2) is 42.5 Å². The second kappa shape index (κ2) is 7.65. The summed E-state index contributed by atoms with van der Waals surface area (Å²) in [4.78, 5) is 37.4. The van der Waals surface area contributed by atoms with Gasteiger partial charge in [-0.15, -0.1) is 11.3 Å². The third-order valence-electron chi connectivity index (χ3n) is 5.87. The fraction of sp³-hybridized carbons (Fsp3) is 0.261. The van der Waals surface area contributed by atoms with Gasteiger partial charge in [0.2, 0.25) is 11.8 Å². The van der Waals surface area contributed by atoms with E-state index < -0.39 is 5.41 Å². The number of carbonyl (C=O) groups is 3. The lowest BCUT2D eigenvalue weighted by molar-refractivity contribution is -0.138. The van der Waals surface area contributed by atoms with Crippen LogP contribution >= 0.6 is 11.3 Å². The topological polar surface area (TPSA) is 75.3 Å². The molecule has 1 aliphatic heterocycles. The summed E-state index contributed by atoms with van der Waals surface area (Å²) in [7, 11) is 0. The molecular formula is C23H21FN2O3S. The number of nitrogens with one attached hydrogen (secondary N) is 2. The first-order valence-electron chi connectivity index (χ1n) is 9.79. The van der Waals surface area contributed by atoms with E-state index >= 15 is 0 Å². The van der Waals surface area contributed by atoms with Gasteiger partial charge in [-0.2, -0.15) is 0 Å². The Balaban J connectivity index is 1.57. The first-order chi connectivity index (χ1) is 14.3. The zero-order chi connectivity index (χ0) is 21.5. The molecular weight excluding hydrogens is 403 g/mol. The van der Waals surface area contributed by atoms with Crippen molar-refractivity contribution in [2.24, 2.45) is 0 Å². The van der Waals surface area contributed by atoms with Gasteiger partial charge >= 0.3 is 0 Å². The van der Waals surface area contributed by atoms with E-state index in [1.54, 1.807) is 18.2 Å². The zero-order valence-electron chi connectivity index (χ0n) is 16.7. The fourth-order valence-corrected chi connectivity index (χ4v) is 5.12. The zero-order valence-corrected chi connectivity index (χ0v) is 17.5. The number of anilines is 1. The van der Waals surface area contributed by atoms with Gasteiger partial charge in [-0.1, -0.05) is 19.1 Å². The van der Waals surface area contributed by atoms with Gasteiger partial charge in [-0.25, -0.2) is 4.39 Å². The Bertz CT molecular complexity index is 1170. The summed E-state index contributed by atoms with van der Waals surface area (Å²) in [5, 5.41) is 6.05. The molecule has 0 bridgehead atoms. The molecule has 2 aromatic carbocycles. The summed E-state index contributed by atoms with van der Waals surface area (Å²) in [6.07, 6.45) is 1.36. The van der Waals surface area contributed by atoms with E-state index in [1.807, 2.05) is 26.0 Å². The van der Waals surface area contributed by atoms with E-state index in [-0.39, 0.29) is 23.5 Å². The Morgan fingerprint density at radius 3 is 2.60 bits per heavy atom. The van der Waals surface area contributed by atoms with Crippen LogP contribution in [-0.2, 0) is 15.0 Å². The molecule has 0 radical (unpaired) electrons. The van der Waals surface area contributed by atoms with Gasteiger partial charge in [0, 0.05) is 16.8 Å². The van der Waals surface area contributed by atoms with Gasteiger partial charge in [-0.05, 0) is 66.6 Å². The van der Waals surface area contributed by atoms with Crippen LogP contribution in [0.5, 0.6) is 0 Å². The number of aryl methyl sites for hydroxylation is 1. The van der Waals surface area contributed by atoms with Crippen LogP contribution < -0.4 is 10.6 Å². The Labute approximate surface area is 177 Å². The number of thiophene rings is 1. The fourth-order valence-electron chi connectivity index (χ4n) is 4.04. The van der Waals surface area contributed by atoms with Crippen LogP contribution in [0.1, 0.15) is 47.0 Å². The number of amides is 3. The molecule has 1 atom stereocenters. The van der Waals surface area contributed by atoms with Gasteiger partial charge in [0.1, 0.15) is 5.82 Å². The third kappa shape index (κ3) is 3.39. The quantitative estimate of drug-likeness (QED) is 0.597. The highest BCUT2D eigenvalue weighted by Crippen LogP contribution is 2.36. The number of benzene rings is 2. The van der Waals surface area contributed by atoms with Crippen LogP contribution in [0.3, 0.4) is 0 Å². The van der Waals surface area contributed by atoms with Crippen LogP contribution in [0.4, 0.5) is 10.1 Å². The van der Waals surface area contributed by atoms with Crippen molar-refractivity contribution in [1.29, 1.82) is 0 Å². The van der Waals surface area contributed by atoms with Gasteiger partial charge in [0.25, 0.3) is 5.91 Å². The van der Waals surface area contributed by atoms with Gasteiger partial charge in [0.05, 0.1) is 10.3 Å². The second-order valence-corrected chi connectivity index (χ2v) is 8.59. The minimum Gasteiger partial charge on any atom is -0.321 e. The average molecular weight is 424 g/mol. The van der Waals surface area contributed by atoms with Crippen molar-refractivity contribution in [3.8, 4) is 0 Å². The molecule has 154 valence electrons. The third-order valence-corrected chi connectivity index (χ3v) is 7.14. The molecule has 2 N–H and O–H groups in total. The monoisotopic (exact) mass is 424 g/mol. The number of hydrogen-bond acceptors (Lipinski definition) is 4. The first kappa shape index (κ1) is 20.2. The van der Waals surface area contributed by atoms with E-state index in [9.17, 15) is 18.8 Å². The highest BCUT2D eigenvalue weighted by atomic mass is 32.1. The maximum Gasteiger partial charge on any atom is 0.266 e. The second-order valence-electron chi connectivity index (χ2n) is 7.54. The number of rotatable bonds is 4. The van der Waals surface area contributed by atoms with E-state index in [4.69, 9.17) is 0 Å². The minimum atomic E-state index is -0.734. The molecule has 5 nitrogen and oxygen atoms in total. The molecule has 30 heavy (non-hydrogen) atoms. The molecule has 1 saturated heterocycles. The molecule has 3 aromatic rings. The van der Waals surface area contributed by atoms with E-state index in [1.165, 1.54) is 23.5 Å². The summed E-state index contributed by atoms with van der Waals surface area (Å²) in [5.41, 5.74) is 1.44. The molecule has 7 heteroatoms. The van der Waals surface area contributed by atoms with Gasteiger partial charge in [-0.3, -0.25) is 19.7 Å². The van der Waals surface area contributed by atoms with E-state index in [0.29, 0.717) is 29.8 Å². The molecule has 0 aliphatic carbocycles. The largest absolute Gasteiger partial charge is 0.321 e. The number of fused-ring (bicyclic) bond motifs is 1. The lowest BCUT2D eigenvalue weighted by atomic mass is 9.72. The standard InChI is InChI=1S/C23H21FN2O3S/c1-3-23(11-10-19(27)26-22(23)29)14-4-7-16(8-5-14)25-21(28)20-13(2)17-12-15(24)6-9-18(17)30-20/h4-9,12H,3,10-11H2,1-2H3,(H,25,28)(H,26,27,29). The molecule has 2 heterocycles. The molecule has 0 spiro atoms. The Hall–Kier alpha value is -3.06. The van der Waals surface area contributed by atoms with Crippen molar-refractivity contribution >= 4 is 44.8 Å². The summed E-state index contributed by atoms with van der Waals surface area (Å²) in [6, 6.07) is 11.7. The first-order valence-corrected chi connectivity index (χ1v) is 10.6. The van der Waals surface area contributed by atoms with Crippen molar-refractivity contribution in [3.63, 3.8) is 0 Å². The predicted octanol–water partition coefficient (Wildman–Crippen LogP) is 4.69. The molecule has 1 aliphatic rings. The lowest BCUT2D eigenvalue weighted by Crippen LogP contribution is -2.51. The Kier molecular flexibility index (Phi) is 5.15. The van der Waals surface area contributed by atoms with Crippen LogP contribution in [-0.4, -0.2) is 17.7 Å². The van der Waals surface area contributed by atoms with Crippen molar-refractivity contribution < 1.29 is 18.8 Å². The summed E-state index contributed by atoms with van der Waals surface area (Å²) >= 11 is 1.33. The van der Waals surface area contributed by atoms with Crippen LogP contribution in [0.2, 0.25) is 0 Å². The van der Waals surface area contributed by atoms with Crippen molar-refractivity contribution in [2.75, 3.05) is 5.32 Å². The average Bonchev–Trinajstić information content (AvgIpc) is 3.05. The van der Waals surface area contributed by atoms with Crippen LogP contribution in [0.25, 0.3) is 10.1 Å². The summed E-state index contributed by atoms with van der Waals surface area (Å²) in [6.45, 7) is 3.74. The number of halogens is 1. The van der Waals surface area contributed by atoms with Crippen molar-refractivity contribution in [2.45, 2.75) is 38.5 Å². The highest BCUT2D eigenvalue weighted by molar-refractivity contribution is 7.21. The summed E-state index contributed by atoms with van der Waals surface area (Å²) < 4.78 is 14.4. The molecule has 1 fully saturated rings. The molecule has 0 saturated carbocycles. The maximum absolute atomic E-state index is 13.5. The van der Waals surface area contributed by atoms with Crippen LogP contribution in [0, 0.1) is 12.7 Å². The van der Waals surface area contributed by atoms with E-state index in [2.05, 4.69) is 10.6 Å². The van der Waals surface area contributed by atoms with Crippen molar-refractivity contribution in [3.05, 3.63) is 64.3 Å². The highest BCUT2D eigenvalue weighted by Gasteiger charge is 2.42. The molecule has 3 amide bonds. The smallest absolute Gasteiger partial charge is 0.266 e. The van der Waals surface area contributed by atoms with Crippen molar-refractivity contribution in [1.82, 2.24) is 5.32 Å². The number of piperidine rings is 1. The van der Waals surface area contributed by atoms with E-state index in [0.717, 1.165) is 21.2 Å². The Morgan fingerprint density at radius 1 is 1.20 bits per heavy atom. The number of imide groups is 1.